The Morgan fingerprint density at radius 2 is 1.74 bits per heavy atom. The molecule has 3 aliphatic carbocycles. The molecule has 9 atom stereocenters. The number of aliphatic hydroxyl groups is 1. The van der Waals surface area contributed by atoms with Crippen molar-refractivity contribution >= 4 is 6.47 Å². The zero-order chi connectivity index (χ0) is 32.2. The molecule has 0 aromatic heterocycles. The Bertz CT molecular complexity index is 957. The molecular formula is C39H66O4. The van der Waals surface area contributed by atoms with E-state index in [0.717, 1.165) is 42.3 Å². The van der Waals surface area contributed by atoms with Crippen molar-refractivity contribution in [2.45, 2.75) is 139 Å². The minimum atomic E-state index is -0.220. The molecule has 1 N–H and O–H groups in total. The third-order valence-corrected chi connectivity index (χ3v) is 11.4. The highest BCUT2D eigenvalue weighted by molar-refractivity contribution is 5.37. The van der Waals surface area contributed by atoms with Crippen molar-refractivity contribution in [2.24, 2.45) is 46.3 Å². The van der Waals surface area contributed by atoms with Gasteiger partial charge in [-0.05, 0) is 98.9 Å². The number of carbonyl (C=O) groups excluding carboxylic acids is 1. The van der Waals surface area contributed by atoms with Crippen molar-refractivity contribution in [3.63, 3.8) is 0 Å². The Morgan fingerprint density at radius 3 is 2.35 bits per heavy atom. The lowest BCUT2D eigenvalue weighted by molar-refractivity contribution is -0.168. The molecule has 1 aromatic rings. The van der Waals surface area contributed by atoms with Crippen LogP contribution in [-0.4, -0.2) is 30.4 Å². The molecule has 1 aromatic carbocycles. The van der Waals surface area contributed by atoms with Crippen LogP contribution in [0.5, 0.6) is 0 Å². The summed E-state index contributed by atoms with van der Waals surface area (Å²) in [5.74, 6) is 4.24. The van der Waals surface area contributed by atoms with Gasteiger partial charge in [0, 0.05) is 11.3 Å². The lowest BCUT2D eigenvalue weighted by Crippen LogP contribution is -2.59. The molecule has 4 heteroatoms. The molecule has 4 nitrogen and oxygen atoms in total. The second kappa shape index (κ2) is 17.7. The Morgan fingerprint density at radius 1 is 1.07 bits per heavy atom. The Kier molecular flexibility index (Phi) is 15.5. The van der Waals surface area contributed by atoms with E-state index in [4.69, 9.17) is 4.74 Å². The van der Waals surface area contributed by atoms with Crippen molar-refractivity contribution in [1.82, 2.24) is 0 Å². The van der Waals surface area contributed by atoms with Crippen molar-refractivity contribution in [2.75, 3.05) is 6.61 Å². The fourth-order valence-corrected chi connectivity index (χ4v) is 9.05. The van der Waals surface area contributed by atoms with E-state index in [1.165, 1.54) is 44.9 Å². The quantitative estimate of drug-likeness (QED) is 0.251. The molecule has 0 radical (unpaired) electrons. The SMILES string of the molecule is CC.CC.CCC(O)C1COC(C)C2(C)C3=CCC4CC(CC(C)C)CCC4(C)C3CCC12.O=COCc1ccccc1. The number of benzene rings is 1. The van der Waals surface area contributed by atoms with Crippen LogP contribution < -0.4 is 0 Å². The summed E-state index contributed by atoms with van der Waals surface area (Å²) in [5, 5.41) is 10.8. The number of fused-ring (bicyclic) bond motifs is 5. The minimum absolute atomic E-state index is 0.102. The second-order valence-electron chi connectivity index (χ2n) is 13.9. The van der Waals surface area contributed by atoms with E-state index in [1.54, 1.807) is 5.57 Å². The first-order valence-electron chi connectivity index (χ1n) is 17.7. The molecule has 43 heavy (non-hydrogen) atoms. The number of aliphatic hydroxyl groups excluding tert-OH is 1. The topological polar surface area (TPSA) is 55.8 Å². The van der Waals surface area contributed by atoms with Crippen molar-refractivity contribution in [3.8, 4) is 0 Å². The third kappa shape index (κ3) is 8.54. The first-order chi connectivity index (χ1) is 20.6. The van der Waals surface area contributed by atoms with Crippen LogP contribution in [0.3, 0.4) is 0 Å². The number of hydrogen-bond donors (Lipinski definition) is 1. The van der Waals surface area contributed by atoms with Crippen LogP contribution in [0.25, 0.3) is 0 Å². The second-order valence-corrected chi connectivity index (χ2v) is 13.9. The molecule has 246 valence electrons. The molecule has 1 aliphatic heterocycles. The largest absolute Gasteiger partial charge is 0.463 e. The van der Waals surface area contributed by atoms with Gasteiger partial charge in [-0.1, -0.05) is 104 Å². The zero-order valence-corrected chi connectivity index (χ0v) is 29.4. The highest BCUT2D eigenvalue weighted by atomic mass is 16.5. The maximum Gasteiger partial charge on any atom is 0.293 e. The average Bonchev–Trinajstić information content (AvgIpc) is 3.03. The zero-order valence-electron chi connectivity index (χ0n) is 29.4. The fraction of sp³-hybridized carbons (Fsp3) is 0.769. The van der Waals surface area contributed by atoms with Crippen LogP contribution in [0.4, 0.5) is 0 Å². The first-order valence-corrected chi connectivity index (χ1v) is 17.7. The van der Waals surface area contributed by atoms with Crippen LogP contribution in [0, 0.1) is 46.3 Å². The molecule has 5 rings (SSSR count). The minimum Gasteiger partial charge on any atom is -0.463 e. The summed E-state index contributed by atoms with van der Waals surface area (Å²) in [5.41, 5.74) is 3.30. The van der Waals surface area contributed by atoms with Gasteiger partial charge >= 0.3 is 0 Å². The van der Waals surface area contributed by atoms with E-state index in [0.29, 0.717) is 30.3 Å². The number of ether oxygens (including phenoxy) is 2. The Labute approximate surface area is 265 Å². The predicted molar refractivity (Wildman–Crippen MR) is 181 cm³/mol. The molecule has 1 heterocycles. The van der Waals surface area contributed by atoms with Gasteiger partial charge in [0.25, 0.3) is 6.47 Å². The number of rotatable bonds is 7. The molecule has 1 saturated heterocycles. The van der Waals surface area contributed by atoms with Crippen molar-refractivity contribution < 1.29 is 19.4 Å². The Hall–Kier alpha value is -1.65. The average molecular weight is 599 g/mol. The summed E-state index contributed by atoms with van der Waals surface area (Å²) in [7, 11) is 0. The molecular weight excluding hydrogens is 532 g/mol. The molecule has 3 fully saturated rings. The van der Waals surface area contributed by atoms with Crippen molar-refractivity contribution in [3.05, 3.63) is 47.5 Å². The highest BCUT2D eigenvalue weighted by Crippen LogP contribution is 2.65. The van der Waals surface area contributed by atoms with Gasteiger partial charge in [0.05, 0.1) is 18.8 Å². The summed E-state index contributed by atoms with van der Waals surface area (Å²) >= 11 is 0. The number of allylic oxidation sites excluding steroid dienone is 1. The van der Waals surface area contributed by atoms with Gasteiger partial charge < -0.3 is 14.6 Å². The summed E-state index contributed by atoms with van der Waals surface area (Å²) in [6.45, 7) is 23.9. The highest BCUT2D eigenvalue weighted by Gasteiger charge is 2.59. The smallest absolute Gasteiger partial charge is 0.293 e. The van der Waals surface area contributed by atoms with Gasteiger partial charge in [-0.2, -0.15) is 0 Å². The van der Waals surface area contributed by atoms with Gasteiger partial charge in [-0.3, -0.25) is 4.79 Å². The van der Waals surface area contributed by atoms with Gasteiger partial charge in [-0.25, -0.2) is 0 Å². The standard InChI is InChI=1S/C27H46O2.C8H8O2.2C2H6/c1-7-25(28)21-16-29-18(4)27(6)22(21)10-11-23-24(27)9-8-20-15-19(14-17(2)3)12-13-26(20,23)5;9-7-10-6-8-4-2-1-3-5-8;2*1-2/h9,17-23,25,28H,7-8,10-16H2,1-6H3;1-5,7H,6H2;2*1-2H3. The Balaban J connectivity index is 0.000000387. The maximum absolute atomic E-state index is 10.8. The van der Waals surface area contributed by atoms with E-state index in [1.807, 2.05) is 58.0 Å². The van der Waals surface area contributed by atoms with Gasteiger partial charge in [0.2, 0.25) is 0 Å². The predicted octanol–water partition coefficient (Wildman–Crippen LogP) is 10.0. The summed E-state index contributed by atoms with van der Waals surface area (Å²) in [4.78, 5) is 9.76. The van der Waals surface area contributed by atoms with E-state index in [2.05, 4.69) is 52.4 Å². The molecule has 0 spiro atoms. The first kappa shape index (κ1) is 37.5. The van der Waals surface area contributed by atoms with Crippen LogP contribution in [-0.2, 0) is 20.9 Å². The van der Waals surface area contributed by atoms with Gasteiger partial charge in [0.15, 0.2) is 0 Å². The van der Waals surface area contributed by atoms with Crippen LogP contribution in [0.1, 0.15) is 126 Å². The summed E-state index contributed by atoms with van der Waals surface area (Å²) in [6.07, 6.45) is 13.1. The van der Waals surface area contributed by atoms with Crippen LogP contribution in [0.2, 0.25) is 0 Å². The lowest BCUT2D eigenvalue weighted by Gasteiger charge is -2.63. The van der Waals surface area contributed by atoms with E-state index in [-0.39, 0.29) is 17.6 Å². The van der Waals surface area contributed by atoms with Crippen LogP contribution >= 0.6 is 0 Å². The maximum atomic E-state index is 10.8. The van der Waals surface area contributed by atoms with E-state index >= 15 is 0 Å². The summed E-state index contributed by atoms with van der Waals surface area (Å²) < 4.78 is 10.9. The molecule has 4 aliphatic rings. The van der Waals surface area contributed by atoms with E-state index < -0.39 is 0 Å². The van der Waals surface area contributed by atoms with Gasteiger partial charge in [0.1, 0.15) is 6.61 Å². The fourth-order valence-electron chi connectivity index (χ4n) is 9.05. The summed E-state index contributed by atoms with van der Waals surface area (Å²) in [6, 6.07) is 9.55. The number of carbonyl (C=O) groups is 1. The van der Waals surface area contributed by atoms with Crippen LogP contribution in [0.15, 0.2) is 42.0 Å². The number of hydrogen-bond acceptors (Lipinski definition) is 4. The molecule has 0 bridgehead atoms. The molecule has 2 saturated carbocycles. The molecule has 9 unspecified atom stereocenters. The third-order valence-electron chi connectivity index (χ3n) is 11.4. The van der Waals surface area contributed by atoms with Crippen molar-refractivity contribution in [1.29, 1.82) is 0 Å². The van der Waals surface area contributed by atoms with Gasteiger partial charge in [-0.15, -0.1) is 0 Å². The van der Waals surface area contributed by atoms with E-state index in [9.17, 15) is 9.90 Å². The normalized spacial score (nSPS) is 34.9. The lowest BCUT2D eigenvalue weighted by atomic mass is 9.44. The molecule has 0 amide bonds. The monoisotopic (exact) mass is 598 g/mol.